The third kappa shape index (κ3) is 17.8. The first kappa shape index (κ1) is 34.4. The van der Waals surface area contributed by atoms with Crippen molar-refractivity contribution in [2.45, 2.75) is 126 Å². The molecule has 6 nitrogen and oxygen atoms in total. The lowest BCUT2D eigenvalue weighted by atomic mass is 10.00. The Morgan fingerprint density at radius 3 is 1.08 bits per heavy atom. The van der Waals surface area contributed by atoms with Gasteiger partial charge in [-0.05, 0) is 37.0 Å². The fraction of sp³-hybridized carbons (Fsp3) is 0.900. The van der Waals surface area contributed by atoms with Crippen LogP contribution >= 0.6 is 0 Å². The van der Waals surface area contributed by atoms with Crippen molar-refractivity contribution in [1.29, 1.82) is 0 Å². The van der Waals surface area contributed by atoms with Crippen LogP contribution in [0.2, 0.25) is 0 Å². The van der Waals surface area contributed by atoms with Crippen LogP contribution < -0.4 is 0 Å². The van der Waals surface area contributed by atoms with E-state index >= 15 is 0 Å². The Morgan fingerprint density at radius 2 is 0.778 bits per heavy atom. The van der Waals surface area contributed by atoms with Crippen LogP contribution in [0.4, 0.5) is 0 Å². The fourth-order valence-electron chi connectivity index (χ4n) is 3.88. The first-order valence-electron chi connectivity index (χ1n) is 14.4. The van der Waals surface area contributed by atoms with E-state index in [-0.39, 0.29) is 48.9 Å². The van der Waals surface area contributed by atoms with Gasteiger partial charge in [-0.2, -0.15) is 0 Å². The maximum Gasteiger partial charge on any atom is 0.309 e. The average molecular weight is 513 g/mol. The minimum Gasteiger partial charge on any atom is -0.461 e. The lowest BCUT2D eigenvalue weighted by Gasteiger charge is -2.22. The molecule has 0 heterocycles. The summed E-state index contributed by atoms with van der Waals surface area (Å²) in [5.41, 5.74) is 0. The van der Waals surface area contributed by atoms with Gasteiger partial charge in [0.25, 0.3) is 0 Å². The van der Waals surface area contributed by atoms with Gasteiger partial charge in [-0.15, -0.1) is 0 Å². The van der Waals surface area contributed by atoms with Gasteiger partial charge in [0, 0.05) is 0 Å². The number of rotatable bonds is 20. The lowest BCUT2D eigenvalue weighted by molar-refractivity contribution is -0.171. The molecule has 3 unspecified atom stereocenters. The zero-order valence-corrected chi connectivity index (χ0v) is 24.8. The minimum absolute atomic E-state index is 0.104. The van der Waals surface area contributed by atoms with Crippen LogP contribution in [0, 0.1) is 35.5 Å². The van der Waals surface area contributed by atoms with E-state index in [4.69, 9.17) is 14.2 Å². The maximum absolute atomic E-state index is 12.7. The SMILES string of the molecule is CC(C)CCCC(C)C(=O)OCC(COC(=O)C(C)CCCC(C)C)OC(=O)C(C)CCCC(C)C. The lowest BCUT2D eigenvalue weighted by Crippen LogP contribution is -2.34. The molecule has 0 N–H and O–H groups in total. The summed E-state index contributed by atoms with van der Waals surface area (Å²) in [4.78, 5) is 37.7. The zero-order valence-electron chi connectivity index (χ0n) is 24.8. The molecular weight excluding hydrogens is 456 g/mol. The first-order chi connectivity index (χ1) is 16.8. The topological polar surface area (TPSA) is 78.9 Å². The van der Waals surface area contributed by atoms with Crippen molar-refractivity contribution in [2.24, 2.45) is 35.5 Å². The predicted octanol–water partition coefficient (Wildman–Crippen LogP) is 7.37. The highest BCUT2D eigenvalue weighted by Gasteiger charge is 2.25. The Kier molecular flexibility index (Phi) is 18.7. The van der Waals surface area contributed by atoms with Crippen molar-refractivity contribution in [1.82, 2.24) is 0 Å². The summed E-state index contributed by atoms with van der Waals surface area (Å²) in [6, 6.07) is 0. The first-order valence-corrected chi connectivity index (χ1v) is 14.4. The Hall–Kier alpha value is -1.59. The quantitative estimate of drug-likeness (QED) is 0.125. The summed E-state index contributed by atoms with van der Waals surface area (Å²) in [5.74, 6) is 0.121. The highest BCUT2D eigenvalue weighted by molar-refractivity contribution is 5.73. The summed E-state index contributed by atoms with van der Waals surface area (Å²) in [6.07, 6.45) is 7.53. The van der Waals surface area contributed by atoms with Crippen LogP contribution in [0.1, 0.15) is 120 Å². The number of hydrogen-bond donors (Lipinski definition) is 0. The van der Waals surface area contributed by atoms with Gasteiger partial charge in [0.2, 0.25) is 0 Å². The van der Waals surface area contributed by atoms with E-state index in [1.807, 2.05) is 20.8 Å². The van der Waals surface area contributed by atoms with E-state index in [0.29, 0.717) is 17.8 Å². The second-order valence-electron chi connectivity index (χ2n) is 12.0. The van der Waals surface area contributed by atoms with Crippen LogP contribution in [0.25, 0.3) is 0 Å². The number of carbonyl (C=O) groups excluding carboxylic acids is 3. The number of esters is 3. The van der Waals surface area contributed by atoms with E-state index in [0.717, 1.165) is 57.8 Å². The summed E-state index contributed by atoms with van der Waals surface area (Å²) >= 11 is 0. The van der Waals surface area contributed by atoms with Gasteiger partial charge in [0.15, 0.2) is 6.10 Å². The standard InChI is InChI=1S/C30H56O6/c1-21(2)13-10-16-24(7)28(31)34-19-27(36-30(33)26(9)18-12-15-23(5)6)20-35-29(32)25(8)17-11-14-22(3)4/h21-27H,10-20H2,1-9H3. The van der Waals surface area contributed by atoms with Gasteiger partial charge in [-0.3, -0.25) is 14.4 Å². The Bertz CT molecular complexity index is 577. The molecule has 0 spiro atoms. The van der Waals surface area contributed by atoms with Crippen molar-refractivity contribution in [3.05, 3.63) is 0 Å². The molecule has 0 aromatic heterocycles. The summed E-state index contributed by atoms with van der Waals surface area (Å²) < 4.78 is 16.6. The molecule has 36 heavy (non-hydrogen) atoms. The van der Waals surface area contributed by atoms with Gasteiger partial charge in [0.05, 0.1) is 17.8 Å². The maximum atomic E-state index is 12.7. The Balaban J connectivity index is 4.89. The molecule has 212 valence electrons. The molecule has 0 aromatic rings. The number of carbonyl (C=O) groups is 3. The molecule has 0 amide bonds. The van der Waals surface area contributed by atoms with E-state index in [2.05, 4.69) is 41.5 Å². The van der Waals surface area contributed by atoms with Gasteiger partial charge < -0.3 is 14.2 Å². The van der Waals surface area contributed by atoms with Crippen molar-refractivity contribution >= 4 is 17.9 Å². The van der Waals surface area contributed by atoms with Crippen molar-refractivity contribution in [3.8, 4) is 0 Å². The molecule has 0 aliphatic carbocycles. The summed E-state index contributed by atoms with van der Waals surface area (Å²) in [5, 5.41) is 0. The molecule has 3 atom stereocenters. The van der Waals surface area contributed by atoms with Crippen molar-refractivity contribution in [3.63, 3.8) is 0 Å². The molecule has 0 aromatic carbocycles. The molecule has 0 aliphatic heterocycles. The van der Waals surface area contributed by atoms with E-state index in [1.165, 1.54) is 0 Å². The zero-order chi connectivity index (χ0) is 27.7. The van der Waals surface area contributed by atoms with E-state index in [1.54, 1.807) is 0 Å². The number of ether oxygens (including phenoxy) is 3. The Morgan fingerprint density at radius 1 is 0.472 bits per heavy atom. The van der Waals surface area contributed by atoms with Crippen LogP contribution in [0.3, 0.4) is 0 Å². The highest BCUT2D eigenvalue weighted by atomic mass is 16.6. The molecule has 0 fully saturated rings. The monoisotopic (exact) mass is 512 g/mol. The normalized spacial score (nSPS) is 15.0. The minimum atomic E-state index is -0.802. The third-order valence-electron chi connectivity index (χ3n) is 6.57. The van der Waals surface area contributed by atoms with Crippen molar-refractivity contribution in [2.75, 3.05) is 13.2 Å². The average Bonchev–Trinajstić information content (AvgIpc) is 2.79. The fourth-order valence-corrected chi connectivity index (χ4v) is 3.88. The molecule has 0 bridgehead atoms. The van der Waals surface area contributed by atoms with Gasteiger partial charge in [-0.1, -0.05) is 101 Å². The summed E-state index contributed by atoms with van der Waals surface area (Å²) in [6.45, 7) is 18.3. The smallest absolute Gasteiger partial charge is 0.309 e. The van der Waals surface area contributed by atoms with Crippen LogP contribution in [-0.2, 0) is 28.6 Å². The Labute approximate surface area is 221 Å². The summed E-state index contributed by atoms with van der Waals surface area (Å²) in [7, 11) is 0. The number of hydrogen-bond acceptors (Lipinski definition) is 6. The second kappa shape index (κ2) is 19.5. The van der Waals surface area contributed by atoms with E-state index in [9.17, 15) is 14.4 Å². The molecule has 0 saturated carbocycles. The van der Waals surface area contributed by atoms with Crippen LogP contribution in [0.15, 0.2) is 0 Å². The van der Waals surface area contributed by atoms with Gasteiger partial charge >= 0.3 is 17.9 Å². The second-order valence-corrected chi connectivity index (χ2v) is 12.0. The molecule has 0 radical (unpaired) electrons. The van der Waals surface area contributed by atoms with Crippen LogP contribution in [-0.4, -0.2) is 37.2 Å². The van der Waals surface area contributed by atoms with Crippen molar-refractivity contribution < 1.29 is 28.6 Å². The van der Waals surface area contributed by atoms with Gasteiger partial charge in [0.1, 0.15) is 13.2 Å². The van der Waals surface area contributed by atoms with Crippen LogP contribution in [0.5, 0.6) is 0 Å². The molecular formula is C30H56O6. The molecule has 6 heteroatoms. The molecule has 0 rings (SSSR count). The molecule has 0 saturated heterocycles. The highest BCUT2D eigenvalue weighted by Crippen LogP contribution is 2.18. The predicted molar refractivity (Wildman–Crippen MR) is 145 cm³/mol. The van der Waals surface area contributed by atoms with Gasteiger partial charge in [-0.25, -0.2) is 0 Å². The molecule has 0 aliphatic rings. The third-order valence-corrected chi connectivity index (χ3v) is 6.57. The largest absolute Gasteiger partial charge is 0.461 e. The van der Waals surface area contributed by atoms with E-state index < -0.39 is 6.10 Å².